The Hall–Kier alpha value is -5.23. The van der Waals surface area contributed by atoms with Gasteiger partial charge >= 0.3 is 0 Å². The summed E-state index contributed by atoms with van der Waals surface area (Å²) in [6.07, 6.45) is 4.30. The number of piperidine rings is 1. The van der Waals surface area contributed by atoms with Crippen molar-refractivity contribution in [2.75, 3.05) is 18.5 Å². The Morgan fingerprint density at radius 1 is 0.917 bits per heavy atom. The molecule has 10 nitrogen and oxygen atoms in total. The lowest BCUT2D eigenvalue weighted by atomic mass is 9.73. The zero-order valence-corrected chi connectivity index (χ0v) is 26.0. The van der Waals surface area contributed by atoms with Gasteiger partial charge in [-0.15, -0.1) is 0 Å². The second-order valence-electron chi connectivity index (χ2n) is 12.4. The van der Waals surface area contributed by atoms with E-state index in [0.29, 0.717) is 43.2 Å². The highest BCUT2D eigenvalue weighted by molar-refractivity contribution is 6.01. The van der Waals surface area contributed by atoms with Crippen molar-refractivity contribution < 1.29 is 37.4 Å². The molecule has 3 aromatic carbocycles. The van der Waals surface area contributed by atoms with E-state index in [2.05, 4.69) is 20.6 Å². The Kier molecular flexibility index (Phi) is 8.34. The molecule has 48 heavy (non-hydrogen) atoms. The van der Waals surface area contributed by atoms with Gasteiger partial charge in [0.15, 0.2) is 17.4 Å². The number of ether oxygens (including phenoxy) is 3. The summed E-state index contributed by atoms with van der Waals surface area (Å²) in [4.78, 5) is 43.0. The fourth-order valence-corrected chi connectivity index (χ4v) is 6.36. The maximum atomic E-state index is 14.9. The SMILES string of the molecule is CC(=O)c1ncc(Oc2ccc(C3(c4ccc(OC5CC(Nc6cc(F)c(C7CCC(=O)NC7=O)c(F)c6)C5)cc4)COC3)cc2)cn1. The Balaban J connectivity index is 0.931. The summed E-state index contributed by atoms with van der Waals surface area (Å²) in [5.74, 6) is -2.08. The van der Waals surface area contributed by atoms with Gasteiger partial charge in [-0.1, -0.05) is 24.3 Å². The first kappa shape index (κ1) is 31.4. The van der Waals surface area contributed by atoms with E-state index in [-0.39, 0.29) is 47.6 Å². The van der Waals surface area contributed by atoms with Crippen LogP contribution in [0.3, 0.4) is 0 Å². The van der Waals surface area contributed by atoms with Crippen molar-refractivity contribution in [3.05, 3.63) is 107 Å². The standard InChI is InChI=1S/C36H32F2N4O6/c1-20(43)34-39-16-28(17-40-34)48-26-8-4-22(5-9-26)36(18-46-19-36)21-2-6-25(7-3-21)47-27-12-23(13-27)41-24-14-30(37)33(31(38)15-24)29-10-11-32(44)42-35(29)45/h2-9,14-17,23,27,29,41H,10-13,18-19H2,1H3,(H,42,44,45). The number of carbonyl (C=O) groups excluding carboxylic acids is 3. The first-order valence-electron chi connectivity index (χ1n) is 15.7. The van der Waals surface area contributed by atoms with E-state index in [4.69, 9.17) is 14.2 Å². The number of carbonyl (C=O) groups is 3. The number of imide groups is 1. The number of hydrogen-bond acceptors (Lipinski definition) is 9. The van der Waals surface area contributed by atoms with E-state index in [0.717, 1.165) is 16.9 Å². The Bertz CT molecular complexity index is 1830. The summed E-state index contributed by atoms with van der Waals surface area (Å²) in [5, 5.41) is 5.30. The number of aromatic nitrogens is 2. The molecule has 12 heteroatoms. The van der Waals surface area contributed by atoms with Gasteiger partial charge in [-0.25, -0.2) is 18.7 Å². The van der Waals surface area contributed by atoms with E-state index in [9.17, 15) is 23.2 Å². The van der Waals surface area contributed by atoms with Crippen molar-refractivity contribution in [2.24, 2.45) is 0 Å². The molecule has 1 aromatic heterocycles. The van der Waals surface area contributed by atoms with Gasteiger partial charge in [0.1, 0.15) is 29.2 Å². The molecule has 7 rings (SSSR count). The molecule has 2 saturated heterocycles. The van der Waals surface area contributed by atoms with Gasteiger partial charge in [0.05, 0.1) is 36.9 Å². The van der Waals surface area contributed by atoms with Crippen molar-refractivity contribution in [3.63, 3.8) is 0 Å². The van der Waals surface area contributed by atoms with Gasteiger partial charge in [-0.05, 0) is 53.9 Å². The quantitative estimate of drug-likeness (QED) is 0.166. The van der Waals surface area contributed by atoms with Crippen LogP contribution in [0.25, 0.3) is 0 Å². The fourth-order valence-electron chi connectivity index (χ4n) is 6.36. The number of ketones is 1. The molecule has 1 unspecified atom stereocenters. The second-order valence-corrected chi connectivity index (χ2v) is 12.4. The number of halogens is 2. The number of benzene rings is 3. The Morgan fingerprint density at radius 3 is 2.06 bits per heavy atom. The highest BCUT2D eigenvalue weighted by Crippen LogP contribution is 2.41. The van der Waals surface area contributed by atoms with Gasteiger partial charge in [0.2, 0.25) is 11.8 Å². The van der Waals surface area contributed by atoms with Gasteiger partial charge < -0.3 is 19.5 Å². The van der Waals surface area contributed by atoms with Crippen molar-refractivity contribution in [2.45, 2.75) is 56.1 Å². The largest absolute Gasteiger partial charge is 0.490 e. The number of nitrogens with zero attached hydrogens (tertiary/aromatic N) is 2. The van der Waals surface area contributed by atoms with Crippen LogP contribution in [0.1, 0.15) is 65.8 Å². The molecular formula is C36H32F2N4O6. The number of nitrogens with one attached hydrogen (secondary N) is 2. The topological polar surface area (TPSA) is 129 Å². The monoisotopic (exact) mass is 654 g/mol. The van der Waals surface area contributed by atoms with Crippen LogP contribution >= 0.6 is 0 Å². The predicted octanol–water partition coefficient (Wildman–Crippen LogP) is 5.61. The lowest BCUT2D eigenvalue weighted by Gasteiger charge is -2.42. The number of hydrogen-bond donors (Lipinski definition) is 2. The molecule has 3 heterocycles. The first-order chi connectivity index (χ1) is 23.2. The molecule has 0 bridgehead atoms. The van der Waals surface area contributed by atoms with Crippen molar-refractivity contribution in [1.29, 1.82) is 0 Å². The maximum absolute atomic E-state index is 14.9. The molecule has 1 atom stereocenters. The van der Waals surface area contributed by atoms with E-state index >= 15 is 0 Å². The van der Waals surface area contributed by atoms with Crippen LogP contribution < -0.4 is 20.1 Å². The molecule has 1 aliphatic carbocycles. The lowest BCUT2D eigenvalue weighted by Crippen LogP contribution is -2.47. The summed E-state index contributed by atoms with van der Waals surface area (Å²) < 4.78 is 47.5. The molecule has 3 fully saturated rings. The van der Waals surface area contributed by atoms with Crippen LogP contribution in [0, 0.1) is 11.6 Å². The molecule has 2 amide bonds. The van der Waals surface area contributed by atoms with Crippen molar-refractivity contribution >= 4 is 23.3 Å². The van der Waals surface area contributed by atoms with Crippen molar-refractivity contribution in [3.8, 4) is 17.2 Å². The summed E-state index contributed by atoms with van der Waals surface area (Å²) in [5.41, 5.74) is 1.87. The third-order valence-electron chi connectivity index (χ3n) is 9.12. The Labute approximate surface area is 274 Å². The minimum Gasteiger partial charge on any atom is -0.490 e. The van der Waals surface area contributed by atoms with E-state index in [1.807, 2.05) is 48.5 Å². The minimum atomic E-state index is -1.03. The van der Waals surface area contributed by atoms with E-state index in [1.165, 1.54) is 31.5 Å². The zero-order valence-electron chi connectivity index (χ0n) is 26.0. The molecular weight excluding hydrogens is 622 g/mol. The van der Waals surface area contributed by atoms with Crippen LogP contribution in [0.5, 0.6) is 17.2 Å². The molecule has 3 aliphatic rings. The summed E-state index contributed by atoms with van der Waals surface area (Å²) in [6.45, 7) is 2.49. The second kappa shape index (κ2) is 12.8. The van der Waals surface area contributed by atoms with Crippen LogP contribution in [-0.4, -0.2) is 52.9 Å². The number of rotatable bonds is 10. The van der Waals surface area contributed by atoms with Gasteiger partial charge in [-0.2, -0.15) is 0 Å². The van der Waals surface area contributed by atoms with Crippen LogP contribution in [0.2, 0.25) is 0 Å². The molecule has 0 spiro atoms. The number of anilines is 1. The molecule has 4 aromatic rings. The fraction of sp³-hybridized carbons (Fsp3) is 0.306. The zero-order chi connectivity index (χ0) is 33.4. The van der Waals surface area contributed by atoms with Gasteiger partial charge in [0.25, 0.3) is 0 Å². The van der Waals surface area contributed by atoms with Crippen LogP contribution in [0.4, 0.5) is 14.5 Å². The average molecular weight is 655 g/mol. The number of amides is 2. The molecule has 0 radical (unpaired) electrons. The van der Waals surface area contributed by atoms with Crippen LogP contribution in [0.15, 0.2) is 73.1 Å². The number of Topliss-reactive ketones (excluding diaryl/α,β-unsaturated/α-hetero) is 1. The third-order valence-corrected chi connectivity index (χ3v) is 9.12. The molecule has 2 aliphatic heterocycles. The molecule has 2 N–H and O–H groups in total. The smallest absolute Gasteiger partial charge is 0.234 e. The first-order valence-corrected chi connectivity index (χ1v) is 15.7. The average Bonchev–Trinajstić information content (AvgIpc) is 3.02. The molecule has 1 saturated carbocycles. The minimum absolute atomic E-state index is 0.0238. The molecule has 246 valence electrons. The maximum Gasteiger partial charge on any atom is 0.234 e. The summed E-state index contributed by atoms with van der Waals surface area (Å²) in [7, 11) is 0. The van der Waals surface area contributed by atoms with Gasteiger partial charge in [-0.3, -0.25) is 19.7 Å². The lowest BCUT2D eigenvalue weighted by molar-refractivity contribution is -0.134. The highest BCUT2D eigenvalue weighted by Gasteiger charge is 2.42. The van der Waals surface area contributed by atoms with Crippen molar-refractivity contribution in [1.82, 2.24) is 15.3 Å². The Morgan fingerprint density at radius 2 is 1.52 bits per heavy atom. The normalized spacial score (nSPS) is 21.4. The van der Waals surface area contributed by atoms with Gasteiger partial charge in [0, 0.05) is 43.5 Å². The third kappa shape index (κ3) is 6.23. The van der Waals surface area contributed by atoms with E-state index < -0.39 is 29.4 Å². The highest BCUT2D eigenvalue weighted by atomic mass is 19.1. The summed E-state index contributed by atoms with van der Waals surface area (Å²) in [6, 6.07) is 18.1. The van der Waals surface area contributed by atoms with E-state index in [1.54, 1.807) is 0 Å². The summed E-state index contributed by atoms with van der Waals surface area (Å²) >= 11 is 0. The predicted molar refractivity (Wildman–Crippen MR) is 169 cm³/mol. The van der Waals surface area contributed by atoms with Crippen LogP contribution in [-0.2, 0) is 19.7 Å².